The third kappa shape index (κ3) is 3.53. The highest BCUT2D eigenvalue weighted by Crippen LogP contribution is 2.23. The lowest BCUT2D eigenvalue weighted by atomic mass is 10.2. The van der Waals surface area contributed by atoms with Crippen LogP contribution in [0.15, 0.2) is 59.5 Å². The van der Waals surface area contributed by atoms with Gasteiger partial charge < -0.3 is 0 Å². The second kappa shape index (κ2) is 7.23. The highest BCUT2D eigenvalue weighted by Gasteiger charge is 2.24. The van der Waals surface area contributed by atoms with Gasteiger partial charge >= 0.3 is 0 Å². The number of halogens is 1. The lowest BCUT2D eigenvalue weighted by Gasteiger charge is -2.18. The van der Waals surface area contributed by atoms with E-state index in [1.165, 1.54) is 10.4 Å². The number of rotatable bonds is 5. The van der Waals surface area contributed by atoms with Gasteiger partial charge in [-0.2, -0.15) is 9.40 Å². The van der Waals surface area contributed by atoms with Gasteiger partial charge in [-0.1, -0.05) is 35.9 Å². The van der Waals surface area contributed by atoms with Crippen molar-refractivity contribution < 1.29 is 8.42 Å². The Hall–Kier alpha value is -2.15. The Morgan fingerprint density at radius 1 is 1.08 bits per heavy atom. The van der Waals surface area contributed by atoms with Gasteiger partial charge in [0.1, 0.15) is 0 Å². The zero-order valence-electron chi connectivity index (χ0n) is 14.8. The molecule has 1 aromatic heterocycles. The Kier molecular flexibility index (Phi) is 5.18. The van der Waals surface area contributed by atoms with Crippen LogP contribution in [0.5, 0.6) is 0 Å². The van der Waals surface area contributed by atoms with E-state index in [1.54, 1.807) is 25.2 Å². The lowest BCUT2D eigenvalue weighted by molar-refractivity contribution is 0.465. The Labute approximate surface area is 158 Å². The zero-order valence-corrected chi connectivity index (χ0v) is 16.4. The number of hydrogen-bond donors (Lipinski definition) is 0. The summed E-state index contributed by atoms with van der Waals surface area (Å²) in [5.74, 6) is 0. The molecule has 0 saturated carbocycles. The molecule has 26 heavy (non-hydrogen) atoms. The molecule has 5 nitrogen and oxygen atoms in total. The highest BCUT2D eigenvalue weighted by atomic mass is 35.5. The topological polar surface area (TPSA) is 55.2 Å². The Morgan fingerprint density at radius 2 is 1.77 bits per heavy atom. The molecule has 136 valence electrons. The van der Waals surface area contributed by atoms with Crippen LogP contribution >= 0.6 is 11.6 Å². The highest BCUT2D eigenvalue weighted by molar-refractivity contribution is 7.89. The molecule has 1 heterocycles. The van der Waals surface area contributed by atoms with Crippen molar-refractivity contribution in [2.75, 3.05) is 7.05 Å². The van der Waals surface area contributed by atoms with Gasteiger partial charge in [0.05, 0.1) is 16.3 Å². The molecule has 0 amide bonds. The Bertz CT molecular complexity index is 1030. The van der Waals surface area contributed by atoms with Crippen LogP contribution in [0, 0.1) is 13.8 Å². The molecule has 0 atom stereocenters. The third-order valence-corrected chi connectivity index (χ3v) is 6.36. The number of para-hydroxylation sites is 1. The number of hydrogen-bond acceptors (Lipinski definition) is 3. The number of aromatic nitrogens is 2. The first-order valence-corrected chi connectivity index (χ1v) is 9.95. The summed E-state index contributed by atoms with van der Waals surface area (Å²) in [5.41, 5.74) is 3.56. The molecule has 0 aliphatic carbocycles. The van der Waals surface area contributed by atoms with Crippen LogP contribution in [0.2, 0.25) is 5.02 Å². The molecule has 0 aliphatic rings. The third-order valence-electron chi connectivity index (χ3n) is 4.33. The minimum Gasteiger partial charge on any atom is -0.238 e. The van der Waals surface area contributed by atoms with Crippen LogP contribution in [0.1, 0.15) is 17.0 Å². The molecule has 7 heteroatoms. The van der Waals surface area contributed by atoms with Crippen LogP contribution in [0.3, 0.4) is 0 Å². The minimum atomic E-state index is -3.64. The maximum absolute atomic E-state index is 12.8. The van der Waals surface area contributed by atoms with Crippen molar-refractivity contribution in [3.05, 3.63) is 76.6 Å². The van der Waals surface area contributed by atoms with Crippen molar-refractivity contribution in [1.82, 2.24) is 14.1 Å². The van der Waals surface area contributed by atoms with E-state index in [1.807, 2.05) is 48.9 Å². The van der Waals surface area contributed by atoms with E-state index in [9.17, 15) is 8.42 Å². The summed E-state index contributed by atoms with van der Waals surface area (Å²) in [6, 6.07) is 16.1. The number of nitrogens with zero attached hydrogens (tertiary/aromatic N) is 3. The van der Waals surface area contributed by atoms with Crippen molar-refractivity contribution in [3.63, 3.8) is 0 Å². The lowest BCUT2D eigenvalue weighted by Crippen LogP contribution is -2.27. The monoisotopic (exact) mass is 389 g/mol. The van der Waals surface area contributed by atoms with Gasteiger partial charge in [-0.05, 0) is 44.2 Å². The van der Waals surface area contributed by atoms with E-state index in [-0.39, 0.29) is 11.4 Å². The van der Waals surface area contributed by atoms with Crippen molar-refractivity contribution >= 4 is 21.6 Å². The molecule has 0 unspecified atom stereocenters. The first-order valence-electron chi connectivity index (χ1n) is 8.13. The van der Waals surface area contributed by atoms with E-state index < -0.39 is 10.0 Å². The van der Waals surface area contributed by atoms with Gasteiger partial charge in [0.2, 0.25) is 10.0 Å². The van der Waals surface area contributed by atoms with E-state index in [4.69, 9.17) is 11.6 Å². The molecular weight excluding hydrogens is 370 g/mol. The minimum absolute atomic E-state index is 0.179. The number of benzene rings is 2. The van der Waals surface area contributed by atoms with Crippen molar-refractivity contribution in [1.29, 1.82) is 0 Å². The summed E-state index contributed by atoms with van der Waals surface area (Å²) in [6.07, 6.45) is 0. The molecule has 3 rings (SSSR count). The van der Waals surface area contributed by atoms with Gasteiger partial charge in [0.25, 0.3) is 0 Å². The quantitative estimate of drug-likeness (QED) is 0.663. The van der Waals surface area contributed by atoms with Gasteiger partial charge in [-0.25, -0.2) is 13.1 Å². The van der Waals surface area contributed by atoms with Gasteiger partial charge in [0, 0.05) is 29.9 Å². The predicted octanol–water partition coefficient (Wildman–Crippen LogP) is 3.96. The molecular formula is C19H20ClN3O2S. The second-order valence-corrected chi connectivity index (χ2v) is 8.60. The molecule has 0 aliphatic heterocycles. The normalized spacial score (nSPS) is 11.9. The van der Waals surface area contributed by atoms with Crippen LogP contribution < -0.4 is 0 Å². The summed E-state index contributed by atoms with van der Waals surface area (Å²) >= 11 is 5.94. The summed E-state index contributed by atoms with van der Waals surface area (Å²) < 4.78 is 28.8. The molecule has 0 N–H and O–H groups in total. The SMILES string of the molecule is Cc1nn(-c2ccccc2)c(C)c1CN(C)S(=O)(=O)c1cccc(Cl)c1. The molecule has 0 spiro atoms. The van der Waals surface area contributed by atoms with Crippen LogP contribution in [-0.4, -0.2) is 29.6 Å². The van der Waals surface area contributed by atoms with E-state index in [0.717, 1.165) is 22.6 Å². The fourth-order valence-corrected chi connectivity index (χ4v) is 4.28. The maximum Gasteiger partial charge on any atom is 0.243 e. The summed E-state index contributed by atoms with van der Waals surface area (Å²) in [6.45, 7) is 4.07. The average Bonchev–Trinajstić information content (AvgIpc) is 2.90. The molecule has 0 saturated heterocycles. The van der Waals surface area contributed by atoms with Crippen molar-refractivity contribution in [3.8, 4) is 5.69 Å². The first-order chi connectivity index (χ1) is 12.3. The molecule has 3 aromatic rings. The number of sulfonamides is 1. The van der Waals surface area contributed by atoms with E-state index in [0.29, 0.717) is 5.02 Å². The molecule has 0 radical (unpaired) electrons. The summed E-state index contributed by atoms with van der Waals surface area (Å²) in [7, 11) is -2.07. The van der Waals surface area contributed by atoms with E-state index >= 15 is 0 Å². The second-order valence-electron chi connectivity index (χ2n) is 6.12. The largest absolute Gasteiger partial charge is 0.243 e. The van der Waals surface area contributed by atoms with Crippen molar-refractivity contribution in [2.45, 2.75) is 25.3 Å². The summed E-state index contributed by atoms with van der Waals surface area (Å²) in [4.78, 5) is 0.179. The first kappa shape index (κ1) is 18.6. The van der Waals surface area contributed by atoms with Gasteiger partial charge in [-0.3, -0.25) is 0 Å². The van der Waals surface area contributed by atoms with Gasteiger partial charge in [0.15, 0.2) is 0 Å². The van der Waals surface area contributed by atoms with Crippen LogP contribution in [0.4, 0.5) is 0 Å². The molecule has 0 fully saturated rings. The van der Waals surface area contributed by atoms with Gasteiger partial charge in [-0.15, -0.1) is 0 Å². The van der Waals surface area contributed by atoms with Crippen LogP contribution in [-0.2, 0) is 16.6 Å². The number of aryl methyl sites for hydroxylation is 1. The molecule has 2 aromatic carbocycles. The zero-order chi connectivity index (χ0) is 18.9. The standard InChI is InChI=1S/C19H20ClN3O2S/c1-14-19(15(2)23(21-14)17-9-5-4-6-10-17)13-22(3)26(24,25)18-11-7-8-16(20)12-18/h4-12H,13H2,1-3H3. The fourth-order valence-electron chi connectivity index (χ4n) is 2.84. The molecule has 0 bridgehead atoms. The van der Waals surface area contributed by atoms with E-state index in [2.05, 4.69) is 5.10 Å². The smallest absolute Gasteiger partial charge is 0.238 e. The fraction of sp³-hybridized carbons (Fsp3) is 0.211. The van der Waals surface area contributed by atoms with Crippen molar-refractivity contribution in [2.24, 2.45) is 0 Å². The Morgan fingerprint density at radius 3 is 2.42 bits per heavy atom. The maximum atomic E-state index is 12.8. The summed E-state index contributed by atoms with van der Waals surface area (Å²) in [5, 5.41) is 4.97. The van der Waals surface area contributed by atoms with Crippen LogP contribution in [0.25, 0.3) is 5.69 Å². The predicted molar refractivity (Wildman–Crippen MR) is 103 cm³/mol. The average molecular weight is 390 g/mol. The Balaban J connectivity index is 1.93.